The average molecular weight is 256 g/mol. The van der Waals surface area contributed by atoms with Gasteiger partial charge >= 0.3 is 0 Å². The Balaban J connectivity index is 2.01. The van der Waals surface area contributed by atoms with Crippen molar-refractivity contribution >= 4 is 22.4 Å². The van der Waals surface area contributed by atoms with Crippen molar-refractivity contribution in [1.82, 2.24) is 4.98 Å². The number of halogens is 2. The average Bonchev–Trinajstić information content (AvgIpc) is 2.43. The van der Waals surface area contributed by atoms with Crippen LogP contribution >= 0.6 is 0 Å². The Hall–Kier alpha value is -2.49. The normalized spacial score (nSPS) is 10.6. The number of benzene rings is 2. The topological polar surface area (TPSA) is 24.9 Å². The number of aromatic nitrogens is 1. The van der Waals surface area contributed by atoms with Gasteiger partial charge in [0.05, 0.1) is 5.52 Å². The van der Waals surface area contributed by atoms with E-state index in [4.69, 9.17) is 0 Å². The van der Waals surface area contributed by atoms with E-state index in [-0.39, 0.29) is 5.69 Å². The van der Waals surface area contributed by atoms with Crippen molar-refractivity contribution in [1.29, 1.82) is 0 Å². The summed E-state index contributed by atoms with van der Waals surface area (Å²) in [5.74, 6) is -0.882. The molecule has 19 heavy (non-hydrogen) atoms. The molecule has 0 unspecified atom stereocenters. The van der Waals surface area contributed by atoms with Gasteiger partial charge < -0.3 is 5.32 Å². The zero-order valence-corrected chi connectivity index (χ0v) is 9.90. The molecule has 2 aromatic carbocycles. The highest BCUT2D eigenvalue weighted by Gasteiger charge is 2.09. The summed E-state index contributed by atoms with van der Waals surface area (Å²) in [6.45, 7) is 0. The van der Waals surface area contributed by atoms with Crippen molar-refractivity contribution in [3.63, 3.8) is 0 Å². The third kappa shape index (κ3) is 2.25. The minimum atomic E-state index is -0.644. The Labute approximate surface area is 108 Å². The molecule has 1 aromatic heterocycles. The van der Waals surface area contributed by atoms with Crippen LogP contribution < -0.4 is 5.32 Å². The van der Waals surface area contributed by atoms with Crippen molar-refractivity contribution in [2.45, 2.75) is 0 Å². The summed E-state index contributed by atoms with van der Waals surface area (Å²) in [5.41, 5.74) is 0.578. The third-order valence-corrected chi connectivity index (χ3v) is 2.81. The van der Waals surface area contributed by atoms with Gasteiger partial charge in [0.2, 0.25) is 0 Å². The molecule has 0 aliphatic heterocycles. The molecule has 3 rings (SSSR count). The summed E-state index contributed by atoms with van der Waals surface area (Å²) < 4.78 is 27.0. The molecule has 0 amide bonds. The molecule has 0 atom stereocenters. The van der Waals surface area contributed by atoms with Gasteiger partial charge in [-0.15, -0.1) is 0 Å². The summed E-state index contributed by atoms with van der Waals surface area (Å²) in [6, 6.07) is 14.8. The van der Waals surface area contributed by atoms with Crippen molar-refractivity contribution in [2.24, 2.45) is 0 Å². The van der Waals surface area contributed by atoms with Gasteiger partial charge in [0, 0.05) is 5.39 Å². The predicted molar refractivity (Wildman–Crippen MR) is 71.4 cm³/mol. The quantitative estimate of drug-likeness (QED) is 0.741. The number of anilines is 2. The van der Waals surface area contributed by atoms with Crippen LogP contribution in [-0.4, -0.2) is 4.98 Å². The summed E-state index contributed by atoms with van der Waals surface area (Å²) in [4.78, 5) is 4.31. The molecular weight excluding hydrogens is 246 g/mol. The molecule has 1 heterocycles. The van der Waals surface area contributed by atoms with E-state index in [0.717, 1.165) is 10.9 Å². The lowest BCUT2D eigenvalue weighted by Crippen LogP contribution is -1.99. The zero-order valence-electron chi connectivity index (χ0n) is 9.90. The fourth-order valence-electron chi connectivity index (χ4n) is 1.88. The van der Waals surface area contributed by atoms with E-state index < -0.39 is 11.6 Å². The minimum absolute atomic E-state index is 0.190. The second kappa shape index (κ2) is 4.65. The lowest BCUT2D eigenvalue weighted by Gasteiger charge is -2.08. The number of rotatable bonds is 2. The van der Waals surface area contributed by atoms with E-state index in [0.29, 0.717) is 5.82 Å². The van der Waals surface area contributed by atoms with Crippen LogP contribution in [0.2, 0.25) is 0 Å². The van der Waals surface area contributed by atoms with Crippen LogP contribution in [0.15, 0.2) is 54.6 Å². The van der Waals surface area contributed by atoms with Crippen molar-refractivity contribution in [2.75, 3.05) is 5.32 Å². The first-order valence-electron chi connectivity index (χ1n) is 5.81. The number of para-hydroxylation sites is 2. The molecule has 0 fully saturated rings. The van der Waals surface area contributed by atoms with Crippen LogP contribution in [0.25, 0.3) is 10.9 Å². The summed E-state index contributed by atoms with van der Waals surface area (Å²) >= 11 is 0. The monoisotopic (exact) mass is 256 g/mol. The first-order valence-corrected chi connectivity index (χ1v) is 5.81. The number of nitrogens with zero attached hydrogens (tertiary/aromatic N) is 1. The highest BCUT2D eigenvalue weighted by atomic mass is 19.1. The van der Waals surface area contributed by atoms with Gasteiger partial charge in [-0.2, -0.15) is 0 Å². The molecule has 0 bridgehead atoms. The molecule has 0 aliphatic carbocycles. The maximum atomic E-state index is 13.5. The van der Waals surface area contributed by atoms with E-state index in [1.165, 1.54) is 18.2 Å². The fourth-order valence-corrected chi connectivity index (χ4v) is 1.88. The molecule has 0 aliphatic rings. The van der Waals surface area contributed by atoms with E-state index in [1.54, 1.807) is 6.07 Å². The molecule has 2 nitrogen and oxygen atoms in total. The Kier molecular flexibility index (Phi) is 2.83. The molecule has 4 heteroatoms. The molecule has 0 radical (unpaired) electrons. The van der Waals surface area contributed by atoms with Gasteiger partial charge in [0.1, 0.15) is 23.1 Å². The second-order valence-electron chi connectivity index (χ2n) is 4.11. The Morgan fingerprint density at radius 1 is 0.789 bits per heavy atom. The molecule has 0 spiro atoms. The lowest BCUT2D eigenvalue weighted by molar-refractivity contribution is 0.590. The largest absolute Gasteiger partial charge is 0.335 e. The summed E-state index contributed by atoms with van der Waals surface area (Å²) in [6.07, 6.45) is 0. The van der Waals surface area contributed by atoms with Gasteiger partial charge in [-0.1, -0.05) is 24.3 Å². The van der Waals surface area contributed by atoms with Crippen LogP contribution in [0.4, 0.5) is 20.3 Å². The van der Waals surface area contributed by atoms with Gasteiger partial charge in [0.25, 0.3) is 0 Å². The third-order valence-electron chi connectivity index (χ3n) is 2.81. The second-order valence-corrected chi connectivity index (χ2v) is 4.11. The maximum Gasteiger partial charge on any atom is 0.149 e. The molecular formula is C15H10F2N2. The van der Waals surface area contributed by atoms with Crippen molar-refractivity contribution < 1.29 is 8.78 Å². The standard InChI is InChI=1S/C15H10F2N2/c16-11-5-3-6-12(17)15(11)19-14-9-8-10-4-1-2-7-13(10)18-14/h1-9H,(H,18,19). The highest BCUT2D eigenvalue weighted by molar-refractivity contribution is 5.80. The zero-order chi connectivity index (χ0) is 13.2. The van der Waals surface area contributed by atoms with Crippen LogP contribution in [0, 0.1) is 11.6 Å². The summed E-state index contributed by atoms with van der Waals surface area (Å²) in [7, 11) is 0. The van der Waals surface area contributed by atoms with E-state index in [9.17, 15) is 8.78 Å². The number of nitrogens with one attached hydrogen (secondary N) is 1. The number of hydrogen-bond donors (Lipinski definition) is 1. The van der Waals surface area contributed by atoms with Crippen LogP contribution in [-0.2, 0) is 0 Å². The highest BCUT2D eigenvalue weighted by Crippen LogP contribution is 2.23. The number of pyridine rings is 1. The van der Waals surface area contributed by atoms with Crippen LogP contribution in [0.3, 0.4) is 0 Å². The first-order chi connectivity index (χ1) is 9.24. The van der Waals surface area contributed by atoms with E-state index in [1.807, 2.05) is 30.3 Å². The lowest BCUT2D eigenvalue weighted by atomic mass is 10.2. The SMILES string of the molecule is Fc1cccc(F)c1Nc1ccc2ccccc2n1. The fraction of sp³-hybridized carbons (Fsp3) is 0. The van der Waals surface area contributed by atoms with E-state index >= 15 is 0 Å². The predicted octanol–water partition coefficient (Wildman–Crippen LogP) is 4.26. The first kappa shape index (κ1) is 11.6. The van der Waals surface area contributed by atoms with Gasteiger partial charge in [-0.05, 0) is 30.3 Å². The maximum absolute atomic E-state index is 13.5. The van der Waals surface area contributed by atoms with Crippen LogP contribution in [0.5, 0.6) is 0 Å². The number of fused-ring (bicyclic) bond motifs is 1. The Morgan fingerprint density at radius 2 is 1.53 bits per heavy atom. The Bertz CT molecular complexity index is 721. The molecule has 0 saturated carbocycles. The van der Waals surface area contributed by atoms with Crippen molar-refractivity contribution in [3.8, 4) is 0 Å². The van der Waals surface area contributed by atoms with Gasteiger partial charge in [0.15, 0.2) is 0 Å². The summed E-state index contributed by atoms with van der Waals surface area (Å²) in [5, 5.41) is 3.65. The van der Waals surface area contributed by atoms with Gasteiger partial charge in [-0.25, -0.2) is 13.8 Å². The van der Waals surface area contributed by atoms with Crippen molar-refractivity contribution in [3.05, 3.63) is 66.2 Å². The smallest absolute Gasteiger partial charge is 0.149 e. The van der Waals surface area contributed by atoms with Gasteiger partial charge in [-0.3, -0.25) is 0 Å². The Morgan fingerprint density at radius 3 is 2.32 bits per heavy atom. The molecule has 3 aromatic rings. The molecule has 1 N–H and O–H groups in total. The minimum Gasteiger partial charge on any atom is -0.335 e. The molecule has 0 saturated heterocycles. The van der Waals surface area contributed by atoms with E-state index in [2.05, 4.69) is 10.3 Å². The number of hydrogen-bond acceptors (Lipinski definition) is 2. The van der Waals surface area contributed by atoms with Crippen LogP contribution in [0.1, 0.15) is 0 Å². The molecule has 94 valence electrons.